The zero-order chi connectivity index (χ0) is 16.8. The van der Waals surface area contributed by atoms with Crippen LogP contribution in [-0.4, -0.2) is 26.0 Å². The number of fused-ring (bicyclic) bond motifs is 1. The molecule has 0 unspecified atom stereocenters. The maximum Gasteiger partial charge on any atom is 0.275 e. The first-order valence-electron chi connectivity index (χ1n) is 7.30. The van der Waals surface area contributed by atoms with Crippen molar-refractivity contribution in [1.82, 2.24) is 5.43 Å². The summed E-state index contributed by atoms with van der Waals surface area (Å²) in [6, 6.07) is 12.6. The molecule has 122 valence electrons. The molecule has 0 fully saturated rings. The standard InChI is InChI=1S/C18H16N2O4/c1-22-15-7-3-2-6-14(15)18(21)20-19-10-4-5-13-8-9-16-17(11-13)24-12-23-16/h2-11H,12H2,1H3,(H,20,21)/b5-4+,19-10+. The molecule has 1 heterocycles. The van der Waals surface area contributed by atoms with Gasteiger partial charge in [0.1, 0.15) is 5.75 Å². The minimum atomic E-state index is -0.333. The molecule has 0 saturated carbocycles. The van der Waals surface area contributed by atoms with Crippen LogP contribution < -0.4 is 19.6 Å². The maximum atomic E-state index is 12.0. The third-order valence-corrected chi connectivity index (χ3v) is 3.36. The molecule has 0 saturated heterocycles. The lowest BCUT2D eigenvalue weighted by Gasteiger charge is -2.05. The zero-order valence-corrected chi connectivity index (χ0v) is 13.1. The van der Waals surface area contributed by atoms with E-state index >= 15 is 0 Å². The predicted molar refractivity (Wildman–Crippen MR) is 90.6 cm³/mol. The van der Waals surface area contributed by atoms with E-state index in [2.05, 4.69) is 10.5 Å². The van der Waals surface area contributed by atoms with Gasteiger partial charge in [-0.1, -0.05) is 24.3 Å². The van der Waals surface area contributed by atoms with Gasteiger partial charge in [0.05, 0.1) is 12.7 Å². The number of hydrazone groups is 1. The van der Waals surface area contributed by atoms with Gasteiger partial charge in [-0.15, -0.1) is 0 Å². The first kappa shape index (κ1) is 15.6. The first-order valence-corrected chi connectivity index (χ1v) is 7.30. The van der Waals surface area contributed by atoms with E-state index in [1.165, 1.54) is 13.3 Å². The van der Waals surface area contributed by atoms with E-state index < -0.39 is 0 Å². The summed E-state index contributed by atoms with van der Waals surface area (Å²) in [7, 11) is 1.52. The number of carbonyl (C=O) groups excluding carboxylic acids is 1. The van der Waals surface area contributed by atoms with E-state index in [9.17, 15) is 4.79 Å². The van der Waals surface area contributed by atoms with Gasteiger partial charge in [0.25, 0.3) is 5.91 Å². The van der Waals surface area contributed by atoms with Crippen LogP contribution in [0.5, 0.6) is 17.2 Å². The highest BCUT2D eigenvalue weighted by Gasteiger charge is 2.12. The van der Waals surface area contributed by atoms with Gasteiger partial charge in [0.2, 0.25) is 6.79 Å². The fraction of sp³-hybridized carbons (Fsp3) is 0.111. The van der Waals surface area contributed by atoms with Crippen molar-refractivity contribution in [2.45, 2.75) is 0 Å². The van der Waals surface area contributed by atoms with Gasteiger partial charge in [0, 0.05) is 6.21 Å². The molecule has 1 N–H and O–H groups in total. The number of hydrogen-bond acceptors (Lipinski definition) is 5. The lowest BCUT2D eigenvalue weighted by Crippen LogP contribution is -2.18. The number of nitrogens with zero attached hydrogens (tertiary/aromatic N) is 1. The molecule has 3 rings (SSSR count). The number of carbonyl (C=O) groups is 1. The third kappa shape index (κ3) is 3.55. The van der Waals surface area contributed by atoms with E-state index in [1.807, 2.05) is 24.3 Å². The number of allylic oxidation sites excluding steroid dienone is 1. The topological polar surface area (TPSA) is 69.2 Å². The van der Waals surface area contributed by atoms with Crippen molar-refractivity contribution < 1.29 is 19.0 Å². The Labute approximate surface area is 139 Å². The van der Waals surface area contributed by atoms with Crippen LogP contribution in [0.15, 0.2) is 53.6 Å². The number of para-hydroxylation sites is 1. The number of hydrogen-bond donors (Lipinski definition) is 1. The van der Waals surface area contributed by atoms with Crippen molar-refractivity contribution in [1.29, 1.82) is 0 Å². The first-order chi connectivity index (χ1) is 11.8. The molecule has 0 atom stereocenters. The summed E-state index contributed by atoms with van der Waals surface area (Å²) in [4.78, 5) is 12.0. The van der Waals surface area contributed by atoms with Crippen LogP contribution in [0.1, 0.15) is 15.9 Å². The third-order valence-electron chi connectivity index (χ3n) is 3.36. The Hall–Kier alpha value is -3.28. The summed E-state index contributed by atoms with van der Waals surface area (Å²) in [6.45, 7) is 0.249. The van der Waals surface area contributed by atoms with Crippen molar-refractivity contribution in [3.8, 4) is 17.2 Å². The second kappa shape index (κ2) is 7.32. The molecule has 1 aliphatic heterocycles. The van der Waals surface area contributed by atoms with Crippen LogP contribution in [0.25, 0.3) is 6.08 Å². The zero-order valence-electron chi connectivity index (χ0n) is 13.1. The van der Waals surface area contributed by atoms with Gasteiger partial charge >= 0.3 is 0 Å². The Morgan fingerprint density at radius 1 is 1.21 bits per heavy atom. The van der Waals surface area contributed by atoms with Gasteiger partial charge in [-0.05, 0) is 35.9 Å². The average molecular weight is 324 g/mol. The van der Waals surface area contributed by atoms with E-state index in [0.29, 0.717) is 11.3 Å². The highest BCUT2D eigenvalue weighted by molar-refractivity contribution is 5.97. The molecule has 0 aromatic heterocycles. The Kier molecular flexibility index (Phi) is 4.76. The normalized spacial score (nSPS) is 12.7. The van der Waals surface area contributed by atoms with Crippen LogP contribution in [-0.2, 0) is 0 Å². The van der Waals surface area contributed by atoms with Crippen LogP contribution in [0.3, 0.4) is 0 Å². The monoisotopic (exact) mass is 324 g/mol. The predicted octanol–water partition coefficient (Wildman–Crippen LogP) is 2.85. The number of ether oxygens (including phenoxy) is 3. The van der Waals surface area contributed by atoms with E-state index in [0.717, 1.165) is 17.1 Å². The molecule has 1 aliphatic rings. The SMILES string of the molecule is COc1ccccc1C(=O)N/N=C/C=C/c1ccc2c(c1)OCO2. The largest absolute Gasteiger partial charge is 0.496 e. The molecule has 6 heteroatoms. The minimum Gasteiger partial charge on any atom is -0.496 e. The van der Waals surface area contributed by atoms with Gasteiger partial charge in [0.15, 0.2) is 11.5 Å². The van der Waals surface area contributed by atoms with Gasteiger partial charge in [-0.25, -0.2) is 5.43 Å². The van der Waals surface area contributed by atoms with E-state index in [1.54, 1.807) is 30.3 Å². The molecule has 2 aromatic rings. The Morgan fingerprint density at radius 2 is 2.04 bits per heavy atom. The molecule has 2 aromatic carbocycles. The summed E-state index contributed by atoms with van der Waals surface area (Å²) < 4.78 is 15.7. The van der Waals surface area contributed by atoms with E-state index in [-0.39, 0.29) is 12.7 Å². The number of amides is 1. The smallest absolute Gasteiger partial charge is 0.275 e. The quantitative estimate of drug-likeness (QED) is 0.678. The molecular formula is C18H16N2O4. The van der Waals surface area contributed by atoms with Crippen molar-refractivity contribution in [3.63, 3.8) is 0 Å². The Morgan fingerprint density at radius 3 is 2.92 bits per heavy atom. The van der Waals surface area contributed by atoms with Crippen LogP contribution >= 0.6 is 0 Å². The Bertz CT molecular complexity index is 799. The summed E-state index contributed by atoms with van der Waals surface area (Å²) in [6.07, 6.45) is 5.07. The van der Waals surface area contributed by atoms with Crippen LogP contribution in [0, 0.1) is 0 Å². The van der Waals surface area contributed by atoms with Gasteiger partial charge in [-0.2, -0.15) is 5.10 Å². The highest BCUT2D eigenvalue weighted by Crippen LogP contribution is 2.32. The molecule has 0 bridgehead atoms. The maximum absolute atomic E-state index is 12.0. The fourth-order valence-corrected chi connectivity index (χ4v) is 2.20. The number of methoxy groups -OCH3 is 1. The second-order valence-corrected chi connectivity index (χ2v) is 4.89. The summed E-state index contributed by atoms with van der Waals surface area (Å²) in [5.41, 5.74) is 3.83. The van der Waals surface area contributed by atoms with Crippen molar-refractivity contribution >= 4 is 18.2 Å². The number of benzene rings is 2. The van der Waals surface area contributed by atoms with Crippen molar-refractivity contribution in [3.05, 3.63) is 59.7 Å². The minimum absolute atomic E-state index is 0.249. The second-order valence-electron chi connectivity index (χ2n) is 4.89. The summed E-state index contributed by atoms with van der Waals surface area (Å²) >= 11 is 0. The van der Waals surface area contributed by atoms with Crippen molar-refractivity contribution in [2.75, 3.05) is 13.9 Å². The molecule has 24 heavy (non-hydrogen) atoms. The van der Waals surface area contributed by atoms with Gasteiger partial charge in [-0.3, -0.25) is 4.79 Å². The van der Waals surface area contributed by atoms with Crippen molar-refractivity contribution in [2.24, 2.45) is 5.10 Å². The number of nitrogens with one attached hydrogen (secondary N) is 1. The molecular weight excluding hydrogens is 308 g/mol. The highest BCUT2D eigenvalue weighted by atomic mass is 16.7. The van der Waals surface area contributed by atoms with Crippen LogP contribution in [0.4, 0.5) is 0 Å². The lowest BCUT2D eigenvalue weighted by atomic mass is 10.2. The molecule has 0 spiro atoms. The van der Waals surface area contributed by atoms with Gasteiger partial charge < -0.3 is 14.2 Å². The fourth-order valence-electron chi connectivity index (χ4n) is 2.20. The molecule has 0 radical (unpaired) electrons. The van der Waals surface area contributed by atoms with Crippen LogP contribution in [0.2, 0.25) is 0 Å². The number of rotatable bonds is 5. The molecule has 1 amide bonds. The summed E-state index contributed by atoms with van der Waals surface area (Å²) in [5, 5.41) is 3.89. The van der Waals surface area contributed by atoms with E-state index in [4.69, 9.17) is 14.2 Å². The molecule has 6 nitrogen and oxygen atoms in total. The molecule has 0 aliphatic carbocycles. The summed E-state index contributed by atoms with van der Waals surface area (Å²) in [5.74, 6) is 1.63. The average Bonchev–Trinajstić information content (AvgIpc) is 3.09. The lowest BCUT2D eigenvalue weighted by molar-refractivity contribution is 0.0952. The Balaban J connectivity index is 1.57.